The molecule has 1 atom stereocenters. The molecule has 0 saturated carbocycles. The summed E-state index contributed by atoms with van der Waals surface area (Å²) in [5, 5.41) is 3.40. The van der Waals surface area contributed by atoms with E-state index in [0.717, 1.165) is 16.6 Å². The fourth-order valence-electron chi connectivity index (χ4n) is 1.99. The predicted octanol–water partition coefficient (Wildman–Crippen LogP) is 3.19. The van der Waals surface area contributed by atoms with Crippen LogP contribution in [0.1, 0.15) is 12.5 Å². The Morgan fingerprint density at radius 1 is 1.21 bits per heavy atom. The molecule has 19 heavy (non-hydrogen) atoms. The third-order valence-corrected chi connectivity index (χ3v) is 3.48. The van der Waals surface area contributed by atoms with Crippen molar-refractivity contribution in [3.63, 3.8) is 0 Å². The average molecular weight is 321 g/mol. The molecule has 0 radical (unpaired) electrons. The van der Waals surface area contributed by atoms with Crippen LogP contribution in [-0.4, -0.2) is 10.6 Å². The van der Waals surface area contributed by atoms with E-state index < -0.39 is 0 Å². The van der Waals surface area contributed by atoms with Crippen LogP contribution in [0.2, 0.25) is 0 Å². The minimum atomic E-state index is 0.00566. The Morgan fingerprint density at radius 3 is 2.53 bits per heavy atom. The van der Waals surface area contributed by atoms with Gasteiger partial charge in [-0.1, -0.05) is 28.1 Å². The van der Waals surface area contributed by atoms with E-state index in [1.54, 1.807) is 17.7 Å². The number of benzene rings is 1. The van der Waals surface area contributed by atoms with Crippen LogP contribution in [0.25, 0.3) is 0 Å². The molecule has 0 saturated heterocycles. The lowest BCUT2D eigenvalue weighted by Crippen LogP contribution is -2.21. The van der Waals surface area contributed by atoms with Crippen molar-refractivity contribution in [2.24, 2.45) is 7.05 Å². The normalized spacial score (nSPS) is 12.2. The summed E-state index contributed by atoms with van der Waals surface area (Å²) < 4.78 is 2.67. The number of nitrogens with zero attached hydrogens (tertiary/aromatic N) is 1. The van der Waals surface area contributed by atoms with Crippen LogP contribution in [0.5, 0.6) is 0 Å². The van der Waals surface area contributed by atoms with Crippen molar-refractivity contribution in [3.8, 4) is 0 Å². The number of hydrogen-bond acceptors (Lipinski definition) is 2. The first kappa shape index (κ1) is 13.9. The van der Waals surface area contributed by atoms with E-state index in [9.17, 15) is 4.79 Å². The van der Waals surface area contributed by atoms with E-state index in [0.29, 0.717) is 6.04 Å². The third-order valence-electron chi connectivity index (χ3n) is 2.95. The predicted molar refractivity (Wildman–Crippen MR) is 82.6 cm³/mol. The van der Waals surface area contributed by atoms with Gasteiger partial charge >= 0.3 is 0 Å². The molecule has 2 aromatic rings. The van der Waals surface area contributed by atoms with Gasteiger partial charge in [-0.2, -0.15) is 0 Å². The van der Waals surface area contributed by atoms with Gasteiger partial charge in [0.1, 0.15) is 0 Å². The largest absolute Gasteiger partial charge is 0.381 e. The summed E-state index contributed by atoms with van der Waals surface area (Å²) >= 11 is 3.43. The van der Waals surface area contributed by atoms with Crippen molar-refractivity contribution in [3.05, 3.63) is 63.0 Å². The topological polar surface area (TPSA) is 34.0 Å². The third kappa shape index (κ3) is 3.96. The lowest BCUT2D eigenvalue weighted by molar-refractivity contribution is 0.782. The van der Waals surface area contributed by atoms with Gasteiger partial charge in [0.15, 0.2) is 0 Å². The number of rotatable bonds is 4. The van der Waals surface area contributed by atoms with E-state index in [1.807, 2.05) is 24.4 Å². The molecular formula is C15H17BrN2O. The summed E-state index contributed by atoms with van der Waals surface area (Å²) in [6.45, 7) is 2.13. The molecule has 0 fully saturated rings. The van der Waals surface area contributed by atoms with E-state index in [4.69, 9.17) is 0 Å². The molecule has 0 bridgehead atoms. The van der Waals surface area contributed by atoms with Gasteiger partial charge in [0.2, 0.25) is 5.56 Å². The summed E-state index contributed by atoms with van der Waals surface area (Å²) in [4.78, 5) is 11.3. The quantitative estimate of drug-likeness (QED) is 0.938. The van der Waals surface area contributed by atoms with Gasteiger partial charge in [0.05, 0.1) is 5.69 Å². The van der Waals surface area contributed by atoms with Gasteiger partial charge in [-0.25, -0.2) is 0 Å². The van der Waals surface area contributed by atoms with Crippen molar-refractivity contribution in [1.82, 2.24) is 4.57 Å². The van der Waals surface area contributed by atoms with Crippen LogP contribution in [0.4, 0.5) is 5.69 Å². The lowest BCUT2D eigenvalue weighted by atomic mass is 10.1. The van der Waals surface area contributed by atoms with E-state index in [1.165, 1.54) is 5.56 Å². The summed E-state index contributed by atoms with van der Waals surface area (Å²) in [6.07, 6.45) is 2.76. The highest BCUT2D eigenvalue weighted by molar-refractivity contribution is 9.10. The Bertz CT molecular complexity index is 604. The highest BCUT2D eigenvalue weighted by Crippen LogP contribution is 2.13. The second kappa shape index (κ2) is 6.06. The Labute approximate surface area is 121 Å². The van der Waals surface area contributed by atoms with E-state index in [-0.39, 0.29) is 5.56 Å². The van der Waals surface area contributed by atoms with E-state index in [2.05, 4.69) is 40.3 Å². The summed E-state index contributed by atoms with van der Waals surface area (Å²) in [6, 6.07) is 12.0. The molecule has 1 aromatic carbocycles. The zero-order valence-corrected chi connectivity index (χ0v) is 12.6. The Balaban J connectivity index is 2.00. The number of pyridine rings is 1. The monoisotopic (exact) mass is 320 g/mol. The Morgan fingerprint density at radius 2 is 1.89 bits per heavy atom. The molecule has 1 unspecified atom stereocenters. The van der Waals surface area contributed by atoms with Crippen LogP contribution in [0, 0.1) is 0 Å². The smallest absolute Gasteiger partial charge is 0.250 e. The van der Waals surface area contributed by atoms with Crippen molar-refractivity contribution in [2.75, 3.05) is 5.32 Å². The summed E-state index contributed by atoms with van der Waals surface area (Å²) in [7, 11) is 1.76. The standard InChI is InChI=1S/C15H17BrN2O/c1-11(9-12-3-5-13(16)6-4-12)17-14-7-8-15(19)18(2)10-14/h3-8,10-11,17H,9H2,1-2H3. The highest BCUT2D eigenvalue weighted by Gasteiger charge is 2.04. The van der Waals surface area contributed by atoms with Crippen molar-refractivity contribution >= 4 is 21.6 Å². The van der Waals surface area contributed by atoms with Gasteiger partial charge < -0.3 is 9.88 Å². The van der Waals surface area contributed by atoms with Gasteiger partial charge in [-0.15, -0.1) is 0 Å². The molecule has 100 valence electrons. The maximum atomic E-state index is 11.3. The van der Waals surface area contributed by atoms with Crippen LogP contribution >= 0.6 is 15.9 Å². The van der Waals surface area contributed by atoms with E-state index >= 15 is 0 Å². The first-order chi connectivity index (χ1) is 9.04. The number of aryl methyl sites for hydroxylation is 1. The zero-order valence-electron chi connectivity index (χ0n) is 11.1. The second-order valence-electron chi connectivity index (χ2n) is 4.74. The molecule has 0 amide bonds. The molecule has 1 aromatic heterocycles. The number of anilines is 1. The molecule has 0 aliphatic carbocycles. The number of halogens is 1. The molecule has 0 spiro atoms. The second-order valence-corrected chi connectivity index (χ2v) is 5.66. The molecule has 1 N–H and O–H groups in total. The van der Waals surface area contributed by atoms with Gasteiger partial charge in [0.25, 0.3) is 0 Å². The lowest BCUT2D eigenvalue weighted by Gasteiger charge is -2.16. The molecule has 2 rings (SSSR count). The Hall–Kier alpha value is -1.55. The SMILES string of the molecule is CC(Cc1ccc(Br)cc1)Nc1ccc(=O)n(C)c1. The average Bonchev–Trinajstić information content (AvgIpc) is 2.37. The number of hydrogen-bond donors (Lipinski definition) is 1. The minimum Gasteiger partial charge on any atom is -0.381 e. The molecule has 4 heteroatoms. The van der Waals surface area contributed by atoms with Crippen molar-refractivity contribution in [1.29, 1.82) is 0 Å². The first-order valence-electron chi connectivity index (χ1n) is 6.22. The molecule has 0 aliphatic heterocycles. The van der Waals surface area contributed by atoms with Gasteiger partial charge in [-0.3, -0.25) is 4.79 Å². The maximum Gasteiger partial charge on any atom is 0.250 e. The van der Waals surface area contributed by atoms with Crippen LogP contribution in [0.3, 0.4) is 0 Å². The molecule has 1 heterocycles. The van der Waals surface area contributed by atoms with Crippen LogP contribution in [0.15, 0.2) is 51.9 Å². The fraction of sp³-hybridized carbons (Fsp3) is 0.267. The van der Waals surface area contributed by atoms with Gasteiger partial charge in [-0.05, 0) is 37.1 Å². The maximum absolute atomic E-state index is 11.3. The van der Waals surface area contributed by atoms with Crippen molar-refractivity contribution < 1.29 is 0 Å². The summed E-state index contributed by atoms with van der Waals surface area (Å²) in [5.74, 6) is 0. The molecule has 3 nitrogen and oxygen atoms in total. The van der Waals surface area contributed by atoms with Crippen molar-refractivity contribution in [2.45, 2.75) is 19.4 Å². The zero-order chi connectivity index (χ0) is 13.8. The number of nitrogens with one attached hydrogen (secondary N) is 1. The summed E-state index contributed by atoms with van der Waals surface area (Å²) in [5.41, 5.74) is 2.26. The van der Waals surface area contributed by atoms with Crippen LogP contribution in [-0.2, 0) is 13.5 Å². The fourth-order valence-corrected chi connectivity index (χ4v) is 2.25. The first-order valence-corrected chi connectivity index (χ1v) is 7.01. The van der Waals surface area contributed by atoms with Gasteiger partial charge in [0, 0.05) is 29.8 Å². The highest BCUT2D eigenvalue weighted by atomic mass is 79.9. The molecule has 0 aliphatic rings. The molecular weight excluding hydrogens is 304 g/mol. The number of aromatic nitrogens is 1. The van der Waals surface area contributed by atoms with Crippen LogP contribution < -0.4 is 10.9 Å². The minimum absolute atomic E-state index is 0.00566. The Kier molecular flexibility index (Phi) is 4.43.